The maximum atomic E-state index is 13.9. The van der Waals surface area contributed by atoms with Crippen molar-refractivity contribution in [2.45, 2.75) is 19.0 Å². The van der Waals surface area contributed by atoms with Crippen molar-refractivity contribution in [2.75, 3.05) is 24.2 Å². The molecule has 0 bridgehead atoms. The number of halogens is 4. The van der Waals surface area contributed by atoms with E-state index in [1.807, 2.05) is 30.3 Å². The van der Waals surface area contributed by atoms with E-state index in [0.717, 1.165) is 16.1 Å². The van der Waals surface area contributed by atoms with Crippen LogP contribution in [0.2, 0.25) is 20.1 Å². The van der Waals surface area contributed by atoms with Crippen molar-refractivity contribution in [2.24, 2.45) is 0 Å². The van der Waals surface area contributed by atoms with Crippen LogP contribution in [-0.2, 0) is 32.6 Å². The third kappa shape index (κ3) is 7.33. The van der Waals surface area contributed by atoms with Crippen LogP contribution in [0, 0.1) is 0 Å². The number of carbonyl (C=O) groups is 2. The molecule has 38 heavy (non-hydrogen) atoms. The normalized spacial score (nSPS) is 12.1. The maximum absolute atomic E-state index is 13.9. The number of rotatable bonds is 10. The summed E-state index contributed by atoms with van der Waals surface area (Å²) in [6, 6.07) is 17.5. The molecule has 0 saturated carbocycles. The Kier molecular flexibility index (Phi) is 10.3. The Bertz CT molecular complexity index is 1400. The van der Waals surface area contributed by atoms with E-state index in [4.69, 9.17) is 46.4 Å². The van der Waals surface area contributed by atoms with Gasteiger partial charge in [-0.05, 0) is 29.8 Å². The fraction of sp³-hybridized carbons (Fsp3) is 0.231. The number of likely N-dealkylation sites (N-methyl/N-ethyl adjacent to an activating group) is 1. The number of hydrogen-bond donors (Lipinski definition) is 1. The van der Waals surface area contributed by atoms with Crippen LogP contribution in [0.15, 0.2) is 66.7 Å². The molecule has 3 rings (SSSR count). The molecule has 0 heterocycles. The van der Waals surface area contributed by atoms with Gasteiger partial charge in [-0.3, -0.25) is 13.9 Å². The molecule has 0 fully saturated rings. The van der Waals surface area contributed by atoms with Crippen molar-refractivity contribution in [3.63, 3.8) is 0 Å². The lowest BCUT2D eigenvalue weighted by Gasteiger charge is -2.33. The van der Waals surface area contributed by atoms with Crippen LogP contribution in [0.3, 0.4) is 0 Å². The molecule has 0 aliphatic carbocycles. The average molecular weight is 617 g/mol. The summed E-state index contributed by atoms with van der Waals surface area (Å²) in [6.07, 6.45) is 1.11. The summed E-state index contributed by atoms with van der Waals surface area (Å²) in [5.41, 5.74) is 1.24. The van der Waals surface area contributed by atoms with Gasteiger partial charge in [-0.25, -0.2) is 8.42 Å². The largest absolute Gasteiger partial charge is 0.357 e. The molecule has 3 aromatic carbocycles. The van der Waals surface area contributed by atoms with Crippen LogP contribution in [0.5, 0.6) is 0 Å². The Morgan fingerprint density at radius 2 is 1.45 bits per heavy atom. The third-order valence-electron chi connectivity index (χ3n) is 5.79. The van der Waals surface area contributed by atoms with Crippen LogP contribution in [-0.4, -0.2) is 51.0 Å². The monoisotopic (exact) mass is 615 g/mol. The average Bonchev–Trinajstić information content (AvgIpc) is 2.87. The van der Waals surface area contributed by atoms with Crippen LogP contribution >= 0.6 is 46.4 Å². The SMILES string of the molecule is CNC(=O)[C@H](Cc1ccccc1)N(Cc1c(Cl)cccc1Cl)C(=O)CN(c1cccc(Cl)c1Cl)S(C)(=O)=O. The van der Waals surface area contributed by atoms with E-state index in [1.54, 1.807) is 18.2 Å². The van der Waals surface area contributed by atoms with Crippen molar-refractivity contribution in [3.05, 3.63) is 97.9 Å². The van der Waals surface area contributed by atoms with E-state index < -0.39 is 34.4 Å². The first kappa shape index (κ1) is 30.1. The molecule has 0 aliphatic rings. The van der Waals surface area contributed by atoms with E-state index in [0.29, 0.717) is 15.6 Å². The van der Waals surface area contributed by atoms with Crippen molar-refractivity contribution >= 4 is 73.9 Å². The topological polar surface area (TPSA) is 86.8 Å². The van der Waals surface area contributed by atoms with Crippen LogP contribution in [0.4, 0.5) is 5.69 Å². The minimum atomic E-state index is -4.00. The number of benzene rings is 3. The van der Waals surface area contributed by atoms with Gasteiger partial charge < -0.3 is 10.2 Å². The maximum Gasteiger partial charge on any atom is 0.244 e. The molecule has 0 saturated heterocycles. The number of nitrogens with one attached hydrogen (secondary N) is 1. The highest BCUT2D eigenvalue weighted by Gasteiger charge is 2.34. The molecule has 202 valence electrons. The fourth-order valence-electron chi connectivity index (χ4n) is 3.85. The van der Waals surface area contributed by atoms with Gasteiger partial charge >= 0.3 is 0 Å². The molecule has 1 N–H and O–H groups in total. The molecule has 12 heteroatoms. The molecule has 2 amide bonds. The van der Waals surface area contributed by atoms with Gasteiger partial charge in [0.1, 0.15) is 12.6 Å². The molecular formula is C26H25Cl4N3O4S. The zero-order valence-corrected chi connectivity index (χ0v) is 24.3. The molecule has 1 atom stereocenters. The summed E-state index contributed by atoms with van der Waals surface area (Å²) >= 11 is 25.2. The molecule has 7 nitrogen and oxygen atoms in total. The van der Waals surface area contributed by atoms with Gasteiger partial charge in [0, 0.05) is 35.6 Å². The number of sulfonamides is 1. The zero-order chi connectivity index (χ0) is 28.0. The van der Waals surface area contributed by atoms with Crippen molar-refractivity contribution < 1.29 is 18.0 Å². The summed E-state index contributed by atoms with van der Waals surface area (Å²) in [6.45, 7) is -0.799. The van der Waals surface area contributed by atoms with E-state index >= 15 is 0 Å². The molecule has 0 aromatic heterocycles. The standard InChI is InChI=1S/C26H25Cl4N3O4S/c1-31-26(35)23(14-17-8-4-3-5-9-17)32(15-18-19(27)10-6-11-20(18)28)24(34)16-33(38(2,36)37)22-13-7-12-21(29)25(22)30/h3-13,23H,14-16H2,1-2H3,(H,31,35)/t23-/m0/s1. The third-order valence-corrected chi connectivity index (χ3v) is 8.43. The second kappa shape index (κ2) is 13.0. The Labute approximate surface area is 242 Å². The summed E-state index contributed by atoms with van der Waals surface area (Å²) in [4.78, 5) is 28.3. The molecule has 0 radical (unpaired) electrons. The molecule has 0 spiro atoms. The number of hydrogen-bond acceptors (Lipinski definition) is 4. The molecular weight excluding hydrogens is 592 g/mol. The van der Waals surface area contributed by atoms with E-state index in [-0.39, 0.29) is 28.7 Å². The summed E-state index contributed by atoms with van der Waals surface area (Å²) in [5.74, 6) is -1.12. The first-order chi connectivity index (χ1) is 17.9. The van der Waals surface area contributed by atoms with Gasteiger partial charge in [0.15, 0.2) is 0 Å². The smallest absolute Gasteiger partial charge is 0.244 e. The highest BCUT2D eigenvalue weighted by molar-refractivity contribution is 7.92. The van der Waals surface area contributed by atoms with Gasteiger partial charge in [-0.1, -0.05) is 88.9 Å². The van der Waals surface area contributed by atoms with Gasteiger partial charge in [0.25, 0.3) is 0 Å². The zero-order valence-electron chi connectivity index (χ0n) is 20.5. The van der Waals surface area contributed by atoms with E-state index in [1.165, 1.54) is 30.1 Å². The minimum Gasteiger partial charge on any atom is -0.357 e. The number of carbonyl (C=O) groups excluding carboxylic acids is 2. The number of nitrogens with zero attached hydrogens (tertiary/aromatic N) is 2. The van der Waals surface area contributed by atoms with Crippen molar-refractivity contribution in [1.82, 2.24) is 10.2 Å². The lowest BCUT2D eigenvalue weighted by atomic mass is 10.0. The molecule has 0 aliphatic heterocycles. The summed E-state index contributed by atoms with van der Waals surface area (Å²) in [7, 11) is -2.54. The van der Waals surface area contributed by atoms with Crippen LogP contribution < -0.4 is 9.62 Å². The van der Waals surface area contributed by atoms with Gasteiger partial charge in [-0.2, -0.15) is 0 Å². The Morgan fingerprint density at radius 1 is 0.868 bits per heavy atom. The predicted molar refractivity (Wildman–Crippen MR) is 154 cm³/mol. The predicted octanol–water partition coefficient (Wildman–Crippen LogP) is 5.45. The summed E-state index contributed by atoms with van der Waals surface area (Å²) in [5, 5.41) is 3.28. The second-order valence-corrected chi connectivity index (χ2v) is 11.9. The van der Waals surface area contributed by atoms with E-state index in [9.17, 15) is 18.0 Å². The van der Waals surface area contributed by atoms with Gasteiger partial charge in [0.05, 0.1) is 22.0 Å². The minimum absolute atomic E-state index is 0.0276. The second-order valence-electron chi connectivity index (χ2n) is 8.38. The van der Waals surface area contributed by atoms with Gasteiger partial charge in [0.2, 0.25) is 21.8 Å². The van der Waals surface area contributed by atoms with Gasteiger partial charge in [-0.15, -0.1) is 0 Å². The lowest BCUT2D eigenvalue weighted by molar-refractivity contribution is -0.139. The summed E-state index contributed by atoms with van der Waals surface area (Å²) < 4.78 is 26.5. The molecule has 3 aromatic rings. The number of anilines is 1. The Morgan fingerprint density at radius 3 is 2.03 bits per heavy atom. The van der Waals surface area contributed by atoms with Crippen molar-refractivity contribution in [3.8, 4) is 0 Å². The Hall–Kier alpha value is -2.49. The molecule has 0 unspecified atom stereocenters. The van der Waals surface area contributed by atoms with Crippen LogP contribution in [0.1, 0.15) is 11.1 Å². The quantitative estimate of drug-likeness (QED) is 0.328. The highest BCUT2D eigenvalue weighted by Crippen LogP contribution is 2.34. The fourth-order valence-corrected chi connectivity index (χ4v) is 5.67. The Balaban J connectivity index is 2.10. The highest BCUT2D eigenvalue weighted by atomic mass is 35.5. The lowest BCUT2D eigenvalue weighted by Crippen LogP contribution is -2.53. The van der Waals surface area contributed by atoms with Crippen LogP contribution in [0.25, 0.3) is 0 Å². The van der Waals surface area contributed by atoms with Crippen molar-refractivity contribution in [1.29, 1.82) is 0 Å². The first-order valence-electron chi connectivity index (χ1n) is 11.3. The number of amides is 2. The van der Waals surface area contributed by atoms with E-state index in [2.05, 4.69) is 5.32 Å². The first-order valence-corrected chi connectivity index (χ1v) is 14.7.